The van der Waals surface area contributed by atoms with Crippen molar-refractivity contribution < 1.29 is 38.9 Å². The molecule has 0 unspecified atom stereocenters. The van der Waals surface area contributed by atoms with Gasteiger partial charge in [0.1, 0.15) is 11.7 Å². The van der Waals surface area contributed by atoms with Gasteiger partial charge in [0.05, 0.1) is 23.8 Å². The van der Waals surface area contributed by atoms with Gasteiger partial charge in [-0.25, -0.2) is 9.78 Å². The van der Waals surface area contributed by atoms with E-state index in [9.17, 15) is 34.2 Å². The second-order valence-corrected chi connectivity index (χ2v) is 9.41. The molecule has 0 aliphatic carbocycles. The van der Waals surface area contributed by atoms with E-state index >= 15 is 0 Å². The van der Waals surface area contributed by atoms with Gasteiger partial charge >= 0.3 is 12.1 Å². The zero-order valence-electron chi connectivity index (χ0n) is 21.5. The molecule has 13 nitrogen and oxygen atoms in total. The number of nitrogens with zero attached hydrogens (tertiary/aromatic N) is 4. The predicted molar refractivity (Wildman–Crippen MR) is 137 cm³/mol. The van der Waals surface area contributed by atoms with E-state index in [1.54, 1.807) is 31.2 Å². The van der Waals surface area contributed by atoms with Crippen LogP contribution in [0, 0.1) is 0 Å². The Hall–Kier alpha value is -4.26. The fraction of sp³-hybridized carbons (Fsp3) is 0.462. The highest BCUT2D eigenvalue weighted by molar-refractivity contribution is 6.09. The Balaban J connectivity index is 1.52. The SMILES string of the molecule is CCOC(=O)N1CCN(C(=O)[C@H](CCC(=O)O)NC(=O)c2cc(C(=O)N3CC(O)C3)c3ccccc3n2)CC1. The largest absolute Gasteiger partial charge is 0.481 e. The van der Waals surface area contributed by atoms with Crippen LogP contribution < -0.4 is 5.32 Å². The first-order valence-corrected chi connectivity index (χ1v) is 12.8. The Kier molecular flexibility index (Phi) is 8.59. The maximum atomic E-state index is 13.3. The van der Waals surface area contributed by atoms with Crippen molar-refractivity contribution in [3.8, 4) is 0 Å². The maximum Gasteiger partial charge on any atom is 0.409 e. The molecule has 3 N–H and O–H groups in total. The van der Waals surface area contributed by atoms with Crippen LogP contribution in [-0.4, -0.2) is 118 Å². The number of carboxylic acid groups (broad SMARTS) is 1. The van der Waals surface area contributed by atoms with E-state index < -0.39 is 36.0 Å². The third-order valence-corrected chi connectivity index (χ3v) is 6.70. The summed E-state index contributed by atoms with van der Waals surface area (Å²) in [5, 5.41) is 22.0. The van der Waals surface area contributed by atoms with Crippen molar-refractivity contribution >= 4 is 40.7 Å². The van der Waals surface area contributed by atoms with Gasteiger partial charge in [0, 0.05) is 51.1 Å². The first-order valence-electron chi connectivity index (χ1n) is 12.8. The van der Waals surface area contributed by atoms with Crippen LogP contribution in [0.4, 0.5) is 4.79 Å². The third-order valence-electron chi connectivity index (χ3n) is 6.70. The molecule has 3 heterocycles. The number of likely N-dealkylation sites (tertiary alicyclic amines) is 1. The average Bonchev–Trinajstić information content (AvgIpc) is 2.92. The Labute approximate surface area is 224 Å². The smallest absolute Gasteiger partial charge is 0.409 e. The summed E-state index contributed by atoms with van der Waals surface area (Å²) in [6.45, 7) is 3.19. The van der Waals surface area contributed by atoms with E-state index in [2.05, 4.69) is 10.3 Å². The lowest BCUT2D eigenvalue weighted by molar-refractivity contribution is -0.138. The average molecular weight is 542 g/mol. The number of benzene rings is 1. The van der Waals surface area contributed by atoms with Gasteiger partial charge in [0.25, 0.3) is 11.8 Å². The predicted octanol–water partition coefficient (Wildman–Crippen LogP) is 0.315. The number of fused-ring (bicyclic) bond motifs is 1. The van der Waals surface area contributed by atoms with Crippen molar-refractivity contribution in [3.63, 3.8) is 0 Å². The number of aliphatic carboxylic acids is 1. The Morgan fingerprint density at radius 2 is 1.72 bits per heavy atom. The summed E-state index contributed by atoms with van der Waals surface area (Å²) in [6, 6.07) is 7.02. The maximum absolute atomic E-state index is 13.3. The lowest BCUT2D eigenvalue weighted by atomic mass is 10.0. The number of para-hydroxylation sites is 1. The van der Waals surface area contributed by atoms with Crippen molar-refractivity contribution in [1.29, 1.82) is 0 Å². The number of rotatable bonds is 8. The van der Waals surface area contributed by atoms with Gasteiger partial charge in [-0.1, -0.05) is 18.2 Å². The molecule has 4 rings (SSSR count). The van der Waals surface area contributed by atoms with Crippen LogP contribution in [0.5, 0.6) is 0 Å². The summed E-state index contributed by atoms with van der Waals surface area (Å²) in [5.41, 5.74) is 0.539. The van der Waals surface area contributed by atoms with Gasteiger partial charge in [0.15, 0.2) is 0 Å². The Morgan fingerprint density at radius 1 is 1.05 bits per heavy atom. The van der Waals surface area contributed by atoms with Crippen molar-refractivity contribution in [2.45, 2.75) is 31.9 Å². The first-order chi connectivity index (χ1) is 18.7. The van der Waals surface area contributed by atoms with E-state index in [0.29, 0.717) is 10.9 Å². The Morgan fingerprint density at radius 3 is 2.36 bits per heavy atom. The van der Waals surface area contributed by atoms with Crippen molar-refractivity contribution in [2.75, 3.05) is 45.9 Å². The van der Waals surface area contributed by atoms with Crippen LogP contribution in [0.2, 0.25) is 0 Å². The summed E-state index contributed by atoms with van der Waals surface area (Å²) < 4.78 is 4.99. The molecule has 208 valence electrons. The highest BCUT2D eigenvalue weighted by Crippen LogP contribution is 2.23. The van der Waals surface area contributed by atoms with Crippen molar-refractivity contribution in [2.24, 2.45) is 0 Å². The van der Waals surface area contributed by atoms with E-state index in [-0.39, 0.29) is 75.9 Å². The summed E-state index contributed by atoms with van der Waals surface area (Å²) >= 11 is 0. The molecule has 13 heteroatoms. The Bertz CT molecular complexity index is 1270. The molecule has 0 bridgehead atoms. The lowest BCUT2D eigenvalue weighted by Crippen LogP contribution is -2.56. The number of hydrogen-bond donors (Lipinski definition) is 3. The molecule has 4 amide bonds. The number of carboxylic acids is 1. The quantitative estimate of drug-likeness (QED) is 0.426. The number of β-amino-alcohol motifs (C(OH)–C–C–N with tert-alkyl or cyclic N) is 1. The van der Waals surface area contributed by atoms with E-state index in [1.165, 1.54) is 20.8 Å². The van der Waals surface area contributed by atoms with Crippen LogP contribution in [0.1, 0.15) is 40.6 Å². The highest BCUT2D eigenvalue weighted by Gasteiger charge is 2.33. The minimum atomic E-state index is -1.15. The molecule has 1 aromatic carbocycles. The molecule has 0 spiro atoms. The van der Waals surface area contributed by atoms with Crippen molar-refractivity contribution in [1.82, 2.24) is 25.0 Å². The number of pyridine rings is 1. The summed E-state index contributed by atoms with van der Waals surface area (Å²) in [4.78, 5) is 71.7. The monoisotopic (exact) mass is 541 g/mol. The zero-order chi connectivity index (χ0) is 28.1. The number of hydrogen-bond acceptors (Lipinski definition) is 8. The number of ether oxygens (including phenoxy) is 1. The fourth-order valence-electron chi connectivity index (χ4n) is 4.56. The van der Waals surface area contributed by atoms with Crippen LogP contribution in [0.15, 0.2) is 30.3 Å². The minimum Gasteiger partial charge on any atom is -0.481 e. The fourth-order valence-corrected chi connectivity index (χ4v) is 4.56. The normalized spacial score (nSPS) is 16.4. The number of aliphatic hydroxyl groups is 1. The van der Waals surface area contributed by atoms with Crippen LogP contribution in [0.3, 0.4) is 0 Å². The number of aliphatic hydroxyl groups excluding tert-OH is 1. The number of nitrogens with one attached hydrogen (secondary N) is 1. The lowest BCUT2D eigenvalue weighted by Gasteiger charge is -2.36. The molecule has 2 aliphatic heterocycles. The number of carbonyl (C=O) groups is 5. The topological polar surface area (TPSA) is 170 Å². The highest BCUT2D eigenvalue weighted by atomic mass is 16.6. The molecular formula is C26H31N5O8. The number of carbonyl (C=O) groups excluding carboxylic acids is 4. The molecule has 2 aromatic rings. The second kappa shape index (κ2) is 12.1. The standard InChI is InChI=1S/C26H31N5O8/c1-2-39-26(38)30-11-9-29(10-12-30)25(37)20(7-8-22(33)34)28-23(35)21-13-18(24(36)31-14-16(32)15-31)17-5-3-4-6-19(17)27-21/h3-6,13,16,20,32H,2,7-12,14-15H2,1H3,(H,28,35)(H,33,34)/t20-/m0/s1. The first kappa shape index (κ1) is 27.8. The van der Waals surface area contributed by atoms with Gasteiger partial charge < -0.3 is 35.0 Å². The van der Waals surface area contributed by atoms with Gasteiger partial charge in [0.2, 0.25) is 5.91 Å². The summed E-state index contributed by atoms with van der Waals surface area (Å²) in [7, 11) is 0. The molecule has 1 aromatic heterocycles. The van der Waals surface area contributed by atoms with Gasteiger partial charge in [-0.15, -0.1) is 0 Å². The third kappa shape index (κ3) is 6.42. The molecule has 0 saturated carbocycles. The number of amides is 4. The van der Waals surface area contributed by atoms with Gasteiger partial charge in [-0.3, -0.25) is 19.2 Å². The second-order valence-electron chi connectivity index (χ2n) is 9.41. The van der Waals surface area contributed by atoms with E-state index in [1.807, 2.05) is 0 Å². The van der Waals surface area contributed by atoms with Crippen LogP contribution in [0.25, 0.3) is 10.9 Å². The van der Waals surface area contributed by atoms with E-state index in [0.717, 1.165) is 0 Å². The molecule has 2 fully saturated rings. The van der Waals surface area contributed by atoms with Gasteiger partial charge in [-0.2, -0.15) is 0 Å². The number of aromatic nitrogens is 1. The van der Waals surface area contributed by atoms with Crippen LogP contribution >= 0.6 is 0 Å². The van der Waals surface area contributed by atoms with Crippen LogP contribution in [-0.2, 0) is 14.3 Å². The summed E-state index contributed by atoms with van der Waals surface area (Å²) in [6.07, 6.45) is -1.57. The molecular weight excluding hydrogens is 510 g/mol. The van der Waals surface area contributed by atoms with Gasteiger partial charge in [-0.05, 0) is 25.5 Å². The van der Waals surface area contributed by atoms with Crippen molar-refractivity contribution in [3.05, 3.63) is 41.6 Å². The molecule has 39 heavy (non-hydrogen) atoms. The number of piperazine rings is 1. The molecule has 2 aliphatic rings. The molecule has 1 atom stereocenters. The summed E-state index contributed by atoms with van der Waals surface area (Å²) in [5.74, 6) is -2.68. The molecule has 2 saturated heterocycles. The van der Waals surface area contributed by atoms with E-state index in [4.69, 9.17) is 4.74 Å². The zero-order valence-corrected chi connectivity index (χ0v) is 21.5. The molecule has 0 radical (unpaired) electrons. The minimum absolute atomic E-state index is 0.0987.